The molecule has 0 aliphatic carbocycles. The van der Waals surface area contributed by atoms with Gasteiger partial charge in [0, 0.05) is 23.4 Å². The third kappa shape index (κ3) is 5.03. The number of amides is 2. The molecule has 0 radical (unpaired) electrons. The topological polar surface area (TPSA) is 77.1 Å². The predicted molar refractivity (Wildman–Crippen MR) is 150 cm³/mol. The Morgan fingerprint density at radius 2 is 1.38 bits per heavy atom. The summed E-state index contributed by atoms with van der Waals surface area (Å²) < 4.78 is 16.2. The van der Waals surface area contributed by atoms with Gasteiger partial charge in [0.2, 0.25) is 5.91 Å². The van der Waals surface area contributed by atoms with Gasteiger partial charge in [0.05, 0.1) is 33.3 Å². The number of ether oxygens (including phenoxy) is 3. The Kier molecular flexibility index (Phi) is 7.50. The van der Waals surface area contributed by atoms with Crippen molar-refractivity contribution in [3.8, 4) is 17.2 Å². The summed E-state index contributed by atoms with van der Waals surface area (Å²) in [4.78, 5) is 29.8. The van der Waals surface area contributed by atoms with Crippen LogP contribution in [0.4, 0.5) is 5.69 Å². The number of hydrogen-bond donors (Lipinski definition) is 1. The Morgan fingerprint density at radius 1 is 0.769 bits per heavy atom. The van der Waals surface area contributed by atoms with E-state index in [1.54, 1.807) is 32.3 Å². The van der Waals surface area contributed by atoms with Crippen molar-refractivity contribution in [1.82, 2.24) is 5.32 Å². The summed E-state index contributed by atoms with van der Waals surface area (Å²) in [6.45, 7) is 0.285. The van der Waals surface area contributed by atoms with Gasteiger partial charge in [-0.1, -0.05) is 48.5 Å². The quantitative estimate of drug-likeness (QED) is 0.330. The van der Waals surface area contributed by atoms with Crippen LogP contribution in [0.15, 0.2) is 97.1 Å². The highest BCUT2D eigenvalue weighted by molar-refractivity contribution is 6.11. The Hall–Kier alpha value is -4.78. The van der Waals surface area contributed by atoms with Crippen molar-refractivity contribution in [2.75, 3.05) is 26.2 Å². The van der Waals surface area contributed by atoms with Gasteiger partial charge in [-0.2, -0.15) is 0 Å². The molecule has 4 aromatic rings. The van der Waals surface area contributed by atoms with E-state index in [1.165, 1.54) is 0 Å². The van der Waals surface area contributed by atoms with Crippen molar-refractivity contribution >= 4 is 17.5 Å². The molecular formula is C32H30N2O5. The lowest BCUT2D eigenvalue weighted by Crippen LogP contribution is -2.47. The van der Waals surface area contributed by atoms with Crippen molar-refractivity contribution in [2.45, 2.75) is 18.5 Å². The number of para-hydroxylation sites is 1. The summed E-state index contributed by atoms with van der Waals surface area (Å²) in [6.07, 6.45) is 0. The summed E-state index contributed by atoms with van der Waals surface area (Å²) in [5.74, 6) is 1.02. The molecule has 0 bridgehead atoms. The molecule has 0 fully saturated rings. The van der Waals surface area contributed by atoms with Crippen molar-refractivity contribution < 1.29 is 23.8 Å². The lowest BCUT2D eigenvalue weighted by Gasteiger charge is -2.42. The highest BCUT2D eigenvalue weighted by atomic mass is 16.5. The first-order chi connectivity index (χ1) is 19.0. The second kappa shape index (κ2) is 11.3. The van der Waals surface area contributed by atoms with Crippen molar-refractivity contribution in [1.29, 1.82) is 0 Å². The zero-order chi connectivity index (χ0) is 27.4. The zero-order valence-corrected chi connectivity index (χ0v) is 22.1. The van der Waals surface area contributed by atoms with Gasteiger partial charge in [0.1, 0.15) is 17.2 Å². The minimum Gasteiger partial charge on any atom is -0.497 e. The molecule has 1 aliphatic heterocycles. The third-order valence-electron chi connectivity index (χ3n) is 7.07. The second-order valence-corrected chi connectivity index (χ2v) is 9.19. The molecule has 7 nitrogen and oxygen atoms in total. The number of nitrogens with one attached hydrogen (secondary N) is 1. The molecule has 0 saturated heterocycles. The molecular weight excluding hydrogens is 492 g/mol. The Morgan fingerprint density at radius 3 is 2.05 bits per heavy atom. The van der Waals surface area contributed by atoms with Gasteiger partial charge in [-0.15, -0.1) is 0 Å². The largest absolute Gasteiger partial charge is 0.497 e. The zero-order valence-electron chi connectivity index (χ0n) is 22.1. The van der Waals surface area contributed by atoms with E-state index >= 15 is 0 Å². The number of anilines is 1. The molecule has 2 amide bonds. The maximum atomic E-state index is 14.1. The fourth-order valence-electron chi connectivity index (χ4n) is 5.13. The maximum Gasteiger partial charge on any atom is 0.259 e. The second-order valence-electron chi connectivity index (χ2n) is 9.19. The first kappa shape index (κ1) is 25.9. The Labute approximate surface area is 227 Å². The van der Waals surface area contributed by atoms with Crippen LogP contribution >= 0.6 is 0 Å². The summed E-state index contributed by atoms with van der Waals surface area (Å²) in [5, 5.41) is 3.11. The number of rotatable bonds is 8. The molecule has 0 aromatic heterocycles. The van der Waals surface area contributed by atoms with Gasteiger partial charge < -0.3 is 19.5 Å². The molecule has 5 rings (SSSR count). The smallest absolute Gasteiger partial charge is 0.259 e. The maximum absolute atomic E-state index is 14.1. The molecule has 0 unspecified atom stereocenters. The highest BCUT2D eigenvalue weighted by Gasteiger charge is 2.44. The number of hydrogen-bond acceptors (Lipinski definition) is 5. The van der Waals surface area contributed by atoms with Gasteiger partial charge >= 0.3 is 0 Å². The van der Waals surface area contributed by atoms with Crippen LogP contribution in [0.2, 0.25) is 0 Å². The van der Waals surface area contributed by atoms with E-state index in [0.717, 1.165) is 11.1 Å². The van der Waals surface area contributed by atoms with E-state index in [1.807, 2.05) is 91.0 Å². The average molecular weight is 523 g/mol. The molecule has 1 aliphatic rings. The van der Waals surface area contributed by atoms with Crippen LogP contribution in [0.3, 0.4) is 0 Å². The van der Waals surface area contributed by atoms with Crippen LogP contribution in [-0.2, 0) is 11.3 Å². The van der Waals surface area contributed by atoms with Crippen LogP contribution in [0.1, 0.15) is 39.0 Å². The van der Waals surface area contributed by atoms with E-state index < -0.39 is 12.0 Å². The van der Waals surface area contributed by atoms with Gasteiger partial charge in [0.15, 0.2) is 0 Å². The number of nitrogens with zero attached hydrogens (tertiary/aromatic N) is 1. The molecule has 4 aromatic carbocycles. The number of fused-ring (bicyclic) bond motifs is 1. The molecule has 39 heavy (non-hydrogen) atoms. The minimum absolute atomic E-state index is 0.176. The van der Waals surface area contributed by atoms with E-state index in [0.29, 0.717) is 34.1 Å². The van der Waals surface area contributed by atoms with E-state index in [-0.39, 0.29) is 18.4 Å². The molecule has 1 N–H and O–H groups in total. The Balaban J connectivity index is 1.62. The Bertz CT molecular complexity index is 1470. The summed E-state index contributed by atoms with van der Waals surface area (Å²) in [6, 6.07) is 29.1. The van der Waals surface area contributed by atoms with Gasteiger partial charge in [0.25, 0.3) is 5.91 Å². The van der Waals surface area contributed by atoms with Gasteiger partial charge in [-0.3, -0.25) is 14.5 Å². The fourth-order valence-corrected chi connectivity index (χ4v) is 5.13. The lowest BCUT2D eigenvalue weighted by molar-refractivity contribution is -0.123. The standard InChI is InChI=1S/C32H30N2O5/c1-37-24-16-12-21(13-17-24)30-29(31(35)33-20-22-8-4-7-11-28(22)39-3)26-9-5-6-10-27(26)32(36)34(30)23-14-18-25(38-2)19-15-23/h4-19,29-30H,20H2,1-3H3,(H,33,35)/t29-,30+/m0/s1. The van der Waals surface area contributed by atoms with E-state index in [9.17, 15) is 9.59 Å². The first-order valence-electron chi connectivity index (χ1n) is 12.7. The summed E-state index contributed by atoms with van der Waals surface area (Å²) in [5.41, 5.74) is 3.52. The molecule has 0 spiro atoms. The molecule has 7 heteroatoms. The number of benzene rings is 4. The molecule has 198 valence electrons. The van der Waals surface area contributed by atoms with Crippen LogP contribution in [0.25, 0.3) is 0 Å². The number of methoxy groups -OCH3 is 3. The third-order valence-corrected chi connectivity index (χ3v) is 7.07. The number of carbonyl (C=O) groups excluding carboxylic acids is 2. The van der Waals surface area contributed by atoms with Crippen molar-refractivity contribution in [3.63, 3.8) is 0 Å². The SMILES string of the molecule is COc1ccc([C@@H]2[C@@H](C(=O)NCc3ccccc3OC)c3ccccc3C(=O)N2c2ccc(OC)cc2)cc1. The summed E-state index contributed by atoms with van der Waals surface area (Å²) in [7, 11) is 4.81. The van der Waals surface area contributed by atoms with Crippen LogP contribution in [0, 0.1) is 0 Å². The number of carbonyl (C=O) groups is 2. The van der Waals surface area contributed by atoms with Crippen molar-refractivity contribution in [3.05, 3.63) is 119 Å². The van der Waals surface area contributed by atoms with Gasteiger partial charge in [-0.05, 0) is 59.7 Å². The first-order valence-corrected chi connectivity index (χ1v) is 12.7. The lowest BCUT2D eigenvalue weighted by atomic mass is 9.78. The van der Waals surface area contributed by atoms with Crippen LogP contribution < -0.4 is 24.4 Å². The summed E-state index contributed by atoms with van der Waals surface area (Å²) >= 11 is 0. The highest BCUT2D eigenvalue weighted by Crippen LogP contribution is 2.45. The normalized spacial score (nSPS) is 16.3. The van der Waals surface area contributed by atoms with E-state index in [4.69, 9.17) is 14.2 Å². The molecule has 1 heterocycles. The van der Waals surface area contributed by atoms with Crippen LogP contribution in [-0.4, -0.2) is 33.1 Å². The van der Waals surface area contributed by atoms with Crippen molar-refractivity contribution in [2.24, 2.45) is 0 Å². The molecule has 0 saturated carbocycles. The molecule has 2 atom stereocenters. The van der Waals surface area contributed by atoms with Gasteiger partial charge in [-0.25, -0.2) is 0 Å². The van der Waals surface area contributed by atoms with Crippen LogP contribution in [0.5, 0.6) is 17.2 Å². The predicted octanol–water partition coefficient (Wildman–Crippen LogP) is 5.51. The minimum atomic E-state index is -0.677. The average Bonchev–Trinajstić information content (AvgIpc) is 3.00. The van der Waals surface area contributed by atoms with E-state index in [2.05, 4.69) is 5.32 Å². The fraction of sp³-hybridized carbons (Fsp3) is 0.188. The monoisotopic (exact) mass is 522 g/mol.